The first-order valence-electron chi connectivity index (χ1n) is 23.1. The van der Waals surface area contributed by atoms with Crippen LogP contribution in [0.5, 0.6) is 0 Å². The minimum atomic E-state index is -0.0181. The predicted molar refractivity (Wildman–Crippen MR) is 223 cm³/mol. The molecular formula is C46H91NO5. The smallest absolute Gasteiger partial charge is 0.306 e. The van der Waals surface area contributed by atoms with Gasteiger partial charge in [0.15, 0.2) is 0 Å². The summed E-state index contributed by atoms with van der Waals surface area (Å²) in [6.07, 6.45) is 38.8. The molecule has 6 heteroatoms. The van der Waals surface area contributed by atoms with E-state index in [0.717, 1.165) is 77.6 Å². The van der Waals surface area contributed by atoms with E-state index in [-0.39, 0.29) is 24.1 Å². The van der Waals surface area contributed by atoms with E-state index in [1.54, 1.807) is 7.11 Å². The van der Waals surface area contributed by atoms with Crippen molar-refractivity contribution in [2.75, 3.05) is 33.4 Å². The number of carbonyl (C=O) groups is 2. The maximum Gasteiger partial charge on any atom is 0.306 e. The van der Waals surface area contributed by atoms with Crippen molar-refractivity contribution in [2.24, 2.45) is 0 Å². The molecule has 6 nitrogen and oxygen atoms in total. The van der Waals surface area contributed by atoms with Crippen LogP contribution in [-0.2, 0) is 23.8 Å². The van der Waals surface area contributed by atoms with Gasteiger partial charge in [0.1, 0.15) is 6.10 Å². The first-order valence-corrected chi connectivity index (χ1v) is 23.1. The highest BCUT2D eigenvalue weighted by molar-refractivity contribution is 5.69. The number of hydrogen-bond donors (Lipinski definition) is 0. The number of nitrogens with zero attached hydrogens (tertiary/aromatic N) is 1. The Balaban J connectivity index is 4.07. The number of esters is 2. The zero-order valence-corrected chi connectivity index (χ0v) is 35.8. The van der Waals surface area contributed by atoms with Crippen LogP contribution < -0.4 is 0 Å². The lowest BCUT2D eigenvalue weighted by Gasteiger charge is -2.22. The topological polar surface area (TPSA) is 65.1 Å². The number of methoxy groups -OCH3 is 1. The van der Waals surface area contributed by atoms with E-state index in [0.29, 0.717) is 12.8 Å². The van der Waals surface area contributed by atoms with Gasteiger partial charge in [-0.25, -0.2) is 0 Å². The minimum absolute atomic E-state index is 0.0181. The molecule has 52 heavy (non-hydrogen) atoms. The molecule has 0 N–H and O–H groups in total. The highest BCUT2D eigenvalue weighted by Gasteiger charge is 2.15. The lowest BCUT2D eigenvalue weighted by atomic mass is 10.0. The second kappa shape index (κ2) is 41.0. The molecule has 0 aromatic rings. The van der Waals surface area contributed by atoms with Crippen LogP contribution in [0.15, 0.2) is 0 Å². The first kappa shape index (κ1) is 50.9. The fraction of sp³-hybridized carbons (Fsp3) is 0.957. The van der Waals surface area contributed by atoms with Gasteiger partial charge in [0.05, 0.1) is 12.7 Å². The quantitative estimate of drug-likeness (QED) is 0.0459. The first-order chi connectivity index (χ1) is 25.5. The average molecular weight is 738 g/mol. The molecule has 0 heterocycles. The highest BCUT2D eigenvalue weighted by atomic mass is 16.5. The molecule has 0 amide bonds. The molecule has 0 aromatic carbocycles. The number of carbonyl (C=O) groups excluding carboxylic acids is 2. The van der Waals surface area contributed by atoms with Gasteiger partial charge in [-0.1, -0.05) is 156 Å². The Morgan fingerprint density at radius 3 is 1.25 bits per heavy atom. The van der Waals surface area contributed by atoms with Crippen LogP contribution in [0.4, 0.5) is 0 Å². The van der Waals surface area contributed by atoms with Gasteiger partial charge in [-0.2, -0.15) is 0 Å². The SMILES string of the molecule is CCCCCCCCC(CCCCCCCC)OC(=O)CCCCCCCN(CCCCCCCC(=O)O[C@H](C)CCCCCCCC)CCOC. The van der Waals surface area contributed by atoms with Crippen molar-refractivity contribution in [3.05, 3.63) is 0 Å². The third kappa shape index (κ3) is 37.2. The molecule has 0 saturated carbocycles. The number of rotatable bonds is 42. The largest absolute Gasteiger partial charge is 0.463 e. The maximum absolute atomic E-state index is 12.7. The van der Waals surface area contributed by atoms with Crippen LogP contribution in [-0.4, -0.2) is 62.4 Å². The van der Waals surface area contributed by atoms with Gasteiger partial charge in [0.2, 0.25) is 0 Å². The van der Waals surface area contributed by atoms with E-state index in [4.69, 9.17) is 14.2 Å². The van der Waals surface area contributed by atoms with Crippen LogP contribution in [0.1, 0.15) is 240 Å². The van der Waals surface area contributed by atoms with Crippen molar-refractivity contribution in [3.63, 3.8) is 0 Å². The summed E-state index contributed by atoms with van der Waals surface area (Å²) < 4.78 is 17.1. The minimum Gasteiger partial charge on any atom is -0.463 e. The average Bonchev–Trinajstić information content (AvgIpc) is 3.13. The molecule has 0 aliphatic carbocycles. The predicted octanol–water partition coefficient (Wildman–Crippen LogP) is 13.7. The van der Waals surface area contributed by atoms with E-state index < -0.39 is 0 Å². The van der Waals surface area contributed by atoms with Gasteiger partial charge in [0, 0.05) is 26.5 Å². The van der Waals surface area contributed by atoms with Gasteiger partial charge < -0.3 is 19.1 Å². The maximum atomic E-state index is 12.7. The molecule has 0 aromatic heterocycles. The van der Waals surface area contributed by atoms with Crippen LogP contribution >= 0.6 is 0 Å². The molecule has 0 aliphatic rings. The fourth-order valence-electron chi connectivity index (χ4n) is 7.19. The van der Waals surface area contributed by atoms with E-state index in [1.165, 1.54) is 148 Å². The Hall–Kier alpha value is -1.14. The Morgan fingerprint density at radius 2 is 0.808 bits per heavy atom. The van der Waals surface area contributed by atoms with Gasteiger partial charge in [-0.15, -0.1) is 0 Å². The van der Waals surface area contributed by atoms with E-state index >= 15 is 0 Å². The number of unbranched alkanes of at least 4 members (excludes halogenated alkanes) is 23. The molecule has 0 bridgehead atoms. The van der Waals surface area contributed by atoms with Crippen molar-refractivity contribution < 1.29 is 23.8 Å². The lowest BCUT2D eigenvalue weighted by Crippen LogP contribution is -2.29. The highest BCUT2D eigenvalue weighted by Crippen LogP contribution is 2.19. The summed E-state index contributed by atoms with van der Waals surface area (Å²) in [5.74, 6) is 0.0106. The molecule has 0 fully saturated rings. The molecular weight excluding hydrogens is 647 g/mol. The second-order valence-electron chi connectivity index (χ2n) is 16.0. The van der Waals surface area contributed by atoms with Crippen molar-refractivity contribution in [1.82, 2.24) is 4.90 Å². The molecule has 0 radical (unpaired) electrons. The summed E-state index contributed by atoms with van der Waals surface area (Å²) in [6.45, 7) is 12.8. The van der Waals surface area contributed by atoms with Gasteiger partial charge in [-0.05, 0) is 84.2 Å². The normalized spacial score (nSPS) is 12.2. The monoisotopic (exact) mass is 738 g/mol. The molecule has 310 valence electrons. The molecule has 0 spiro atoms. The third-order valence-corrected chi connectivity index (χ3v) is 10.7. The van der Waals surface area contributed by atoms with Crippen molar-refractivity contribution >= 4 is 11.9 Å². The lowest BCUT2D eigenvalue weighted by molar-refractivity contribution is -0.150. The third-order valence-electron chi connectivity index (χ3n) is 10.7. The van der Waals surface area contributed by atoms with Crippen molar-refractivity contribution in [3.8, 4) is 0 Å². The van der Waals surface area contributed by atoms with Crippen LogP contribution in [0.3, 0.4) is 0 Å². The Labute approximate surface area is 325 Å². The molecule has 1 atom stereocenters. The molecule has 0 saturated heterocycles. The van der Waals surface area contributed by atoms with Gasteiger partial charge in [-0.3, -0.25) is 9.59 Å². The second-order valence-corrected chi connectivity index (χ2v) is 16.0. The van der Waals surface area contributed by atoms with Gasteiger partial charge >= 0.3 is 11.9 Å². The van der Waals surface area contributed by atoms with E-state index in [9.17, 15) is 9.59 Å². The fourth-order valence-corrected chi connectivity index (χ4v) is 7.19. The van der Waals surface area contributed by atoms with Crippen LogP contribution in [0.25, 0.3) is 0 Å². The standard InChI is InChI=1S/C46H91NO5/c1-6-9-12-15-20-27-34-43(4)51-45(48)37-30-23-18-25-32-39-47(41-42-50-5)40-33-26-19-24-31-38-46(49)52-44(35-28-21-16-13-10-7-2)36-29-22-17-14-11-8-3/h43-44H,6-42H2,1-5H3/t43-/m1/s1. The van der Waals surface area contributed by atoms with Crippen molar-refractivity contribution in [2.45, 2.75) is 252 Å². The Morgan fingerprint density at radius 1 is 0.442 bits per heavy atom. The summed E-state index contributed by atoms with van der Waals surface area (Å²) in [6, 6.07) is 0. The zero-order chi connectivity index (χ0) is 38.2. The molecule has 0 aliphatic heterocycles. The number of hydrogen-bond acceptors (Lipinski definition) is 6. The molecule has 0 rings (SSSR count). The molecule has 0 unspecified atom stereocenters. The van der Waals surface area contributed by atoms with Gasteiger partial charge in [0.25, 0.3) is 0 Å². The summed E-state index contributed by atoms with van der Waals surface area (Å²) in [4.78, 5) is 27.5. The Kier molecular flexibility index (Phi) is 40.1. The van der Waals surface area contributed by atoms with Crippen molar-refractivity contribution in [1.29, 1.82) is 0 Å². The summed E-state index contributed by atoms with van der Waals surface area (Å²) in [5, 5.41) is 0. The van der Waals surface area contributed by atoms with Crippen LogP contribution in [0.2, 0.25) is 0 Å². The van der Waals surface area contributed by atoms with E-state index in [1.807, 2.05) is 6.92 Å². The Bertz CT molecular complexity index is 730. The summed E-state index contributed by atoms with van der Waals surface area (Å²) >= 11 is 0. The van der Waals surface area contributed by atoms with E-state index in [2.05, 4.69) is 25.7 Å². The number of ether oxygens (including phenoxy) is 3. The zero-order valence-electron chi connectivity index (χ0n) is 35.8. The summed E-state index contributed by atoms with van der Waals surface area (Å²) in [5.41, 5.74) is 0. The summed E-state index contributed by atoms with van der Waals surface area (Å²) in [7, 11) is 1.79. The van der Waals surface area contributed by atoms with Crippen LogP contribution in [0, 0.1) is 0 Å².